The van der Waals surface area contributed by atoms with Crippen LogP contribution >= 0.6 is 7.82 Å². The van der Waals surface area contributed by atoms with Crippen LogP contribution in [-0.4, -0.2) is 60.0 Å². The third-order valence-corrected chi connectivity index (χ3v) is 7.65. The number of carboxylic acid groups (broad SMARTS) is 1. The van der Waals surface area contributed by atoms with Crippen LogP contribution in [0.15, 0.2) is 78.9 Å². The zero-order chi connectivity index (χ0) is 31.4. The molecule has 0 radical (unpaired) electrons. The summed E-state index contributed by atoms with van der Waals surface area (Å²) in [6.07, 6.45) is -0.381. The Morgan fingerprint density at radius 3 is 2.57 bits per heavy atom. The van der Waals surface area contributed by atoms with Gasteiger partial charge in [0.05, 0.1) is 12.7 Å². The minimum Gasteiger partial charge on any atom is -0.489 e. The number of carbonyl (C=O) groups excluding carboxylic acids is 1. The molecular formula is C31H36NO11P. The molecule has 1 saturated heterocycles. The van der Waals surface area contributed by atoms with E-state index < -0.39 is 44.6 Å². The van der Waals surface area contributed by atoms with Gasteiger partial charge >= 0.3 is 19.8 Å². The summed E-state index contributed by atoms with van der Waals surface area (Å²) in [6.45, 7) is -0.253. The molecule has 0 bridgehead atoms. The van der Waals surface area contributed by atoms with Crippen LogP contribution in [0.1, 0.15) is 30.4 Å². The highest BCUT2D eigenvalue weighted by Gasteiger charge is 2.36. The average Bonchev–Trinajstić information content (AvgIpc) is 3.02. The summed E-state index contributed by atoms with van der Waals surface area (Å²) in [5.74, 6) is 0.194. The third kappa shape index (κ3) is 10.7. The summed E-state index contributed by atoms with van der Waals surface area (Å²) in [6, 6.07) is 23.0. The summed E-state index contributed by atoms with van der Waals surface area (Å²) < 4.78 is 45.2. The van der Waals surface area contributed by atoms with Crippen molar-refractivity contribution in [2.45, 2.75) is 50.5 Å². The van der Waals surface area contributed by atoms with Crippen molar-refractivity contribution in [1.82, 2.24) is 0 Å². The van der Waals surface area contributed by atoms with E-state index >= 15 is 0 Å². The lowest BCUT2D eigenvalue weighted by Crippen LogP contribution is -2.40. The molecule has 0 saturated carbocycles. The molecule has 1 aliphatic heterocycles. The van der Waals surface area contributed by atoms with Gasteiger partial charge in [-0.15, -0.1) is 0 Å². The molecule has 4 atom stereocenters. The first-order valence-electron chi connectivity index (χ1n) is 14.1. The lowest BCUT2D eigenvalue weighted by molar-refractivity contribution is -0.154. The molecule has 3 aromatic carbocycles. The van der Waals surface area contributed by atoms with E-state index in [1.807, 2.05) is 78.9 Å². The fourth-order valence-corrected chi connectivity index (χ4v) is 5.35. The van der Waals surface area contributed by atoms with E-state index in [1.54, 1.807) is 0 Å². The predicted octanol–water partition coefficient (Wildman–Crippen LogP) is 4.63. The van der Waals surface area contributed by atoms with Crippen molar-refractivity contribution in [2.75, 3.05) is 19.8 Å². The molecule has 0 aliphatic carbocycles. The molecule has 4 N–H and O–H groups in total. The highest BCUT2D eigenvalue weighted by Crippen LogP contribution is 2.46. The number of esters is 1. The molecule has 1 heterocycles. The lowest BCUT2D eigenvalue weighted by atomic mass is 10.1. The van der Waals surface area contributed by atoms with Crippen molar-refractivity contribution in [3.63, 3.8) is 0 Å². The van der Waals surface area contributed by atoms with Gasteiger partial charge in [0.15, 0.2) is 0 Å². The van der Waals surface area contributed by atoms with Gasteiger partial charge in [-0.3, -0.25) is 18.6 Å². The Morgan fingerprint density at radius 2 is 1.77 bits per heavy atom. The number of phosphoric acid groups is 1. The molecule has 1 aliphatic rings. The molecule has 12 nitrogen and oxygen atoms in total. The topological polar surface area (TPSA) is 173 Å². The Labute approximate surface area is 255 Å². The Balaban J connectivity index is 1.25. The fraction of sp³-hybridized carbons (Fsp3) is 0.355. The van der Waals surface area contributed by atoms with E-state index in [0.29, 0.717) is 44.0 Å². The van der Waals surface area contributed by atoms with E-state index in [4.69, 9.17) is 38.8 Å². The van der Waals surface area contributed by atoms with Crippen molar-refractivity contribution >= 4 is 19.8 Å². The fourth-order valence-electron chi connectivity index (χ4n) is 4.36. The quantitative estimate of drug-likeness (QED) is 0.148. The zero-order valence-electron chi connectivity index (χ0n) is 24.0. The highest BCUT2D eigenvalue weighted by molar-refractivity contribution is 7.47. The van der Waals surface area contributed by atoms with E-state index in [0.717, 1.165) is 16.9 Å². The van der Waals surface area contributed by atoms with Gasteiger partial charge in [-0.1, -0.05) is 48.5 Å². The summed E-state index contributed by atoms with van der Waals surface area (Å²) in [7, 11) is -4.63. The summed E-state index contributed by atoms with van der Waals surface area (Å²) >= 11 is 0. The van der Waals surface area contributed by atoms with Gasteiger partial charge in [0.25, 0.3) is 0 Å². The number of benzene rings is 3. The van der Waals surface area contributed by atoms with Crippen molar-refractivity contribution in [3.05, 3.63) is 90.0 Å². The van der Waals surface area contributed by atoms with Crippen molar-refractivity contribution in [2.24, 2.45) is 5.73 Å². The smallest absolute Gasteiger partial charge is 0.472 e. The number of phosphoric ester groups is 1. The van der Waals surface area contributed by atoms with Crippen molar-refractivity contribution in [1.29, 1.82) is 0 Å². The normalized spacial score (nSPS) is 18.5. The van der Waals surface area contributed by atoms with Crippen LogP contribution in [0.4, 0.5) is 0 Å². The maximum absolute atomic E-state index is 12.6. The monoisotopic (exact) mass is 629 g/mol. The molecule has 0 aromatic heterocycles. The predicted molar refractivity (Wildman–Crippen MR) is 158 cm³/mol. The SMILES string of the molecule is N[C@@H](COP(=O)(O)O[C@H]1CCCO[C@@H]1COC(=O)CCc1ccccc1OCc1cccc(Oc2ccccc2)c1)C(=O)O. The minimum atomic E-state index is -4.63. The molecule has 3 aromatic rings. The van der Waals surface area contributed by atoms with Crippen molar-refractivity contribution in [3.8, 4) is 17.2 Å². The van der Waals surface area contributed by atoms with Gasteiger partial charge in [0.1, 0.15) is 42.6 Å². The Hall–Kier alpha value is -3.77. The molecule has 0 spiro atoms. The Bertz CT molecular complexity index is 1420. The minimum absolute atomic E-state index is 0.0632. The van der Waals surface area contributed by atoms with Gasteiger partial charge in [0, 0.05) is 13.0 Å². The first kappa shape index (κ1) is 33.1. The second-order valence-electron chi connectivity index (χ2n) is 10.0. The molecule has 1 fully saturated rings. The number of aliphatic carboxylic acids is 1. The van der Waals surface area contributed by atoms with E-state index in [9.17, 15) is 19.0 Å². The van der Waals surface area contributed by atoms with Gasteiger partial charge < -0.3 is 34.7 Å². The zero-order valence-corrected chi connectivity index (χ0v) is 24.9. The number of hydrogen-bond donors (Lipinski definition) is 3. The second-order valence-corrected chi connectivity index (χ2v) is 11.5. The summed E-state index contributed by atoms with van der Waals surface area (Å²) in [4.78, 5) is 33.4. The van der Waals surface area contributed by atoms with Crippen LogP contribution < -0.4 is 15.2 Å². The molecular weight excluding hydrogens is 593 g/mol. The Kier molecular flexibility index (Phi) is 12.3. The second kappa shape index (κ2) is 16.3. The van der Waals surface area contributed by atoms with E-state index in [-0.39, 0.29) is 13.0 Å². The number of hydrogen-bond acceptors (Lipinski definition) is 10. The lowest BCUT2D eigenvalue weighted by Gasteiger charge is -2.32. The number of ether oxygens (including phenoxy) is 4. The van der Waals surface area contributed by atoms with Crippen LogP contribution in [0.2, 0.25) is 0 Å². The first-order chi connectivity index (χ1) is 21.2. The number of carboxylic acids is 1. The van der Waals surface area contributed by atoms with Crippen molar-refractivity contribution < 1.29 is 52.1 Å². The Morgan fingerprint density at radius 1 is 1.02 bits per heavy atom. The summed E-state index contributed by atoms with van der Waals surface area (Å²) in [5.41, 5.74) is 7.05. The van der Waals surface area contributed by atoms with Crippen LogP contribution in [0, 0.1) is 0 Å². The molecule has 44 heavy (non-hydrogen) atoms. The number of rotatable bonds is 16. The van der Waals surface area contributed by atoms with Crippen LogP contribution in [0.3, 0.4) is 0 Å². The average molecular weight is 630 g/mol. The van der Waals surface area contributed by atoms with Crippen LogP contribution in [0.5, 0.6) is 17.2 Å². The maximum atomic E-state index is 12.6. The van der Waals surface area contributed by atoms with Crippen LogP contribution in [0.25, 0.3) is 0 Å². The molecule has 1 unspecified atom stereocenters. The molecule has 236 valence electrons. The first-order valence-corrected chi connectivity index (χ1v) is 15.6. The molecule has 13 heteroatoms. The third-order valence-electron chi connectivity index (χ3n) is 6.63. The largest absolute Gasteiger partial charge is 0.489 e. The van der Waals surface area contributed by atoms with E-state index in [1.165, 1.54) is 0 Å². The highest BCUT2D eigenvalue weighted by atomic mass is 31.2. The van der Waals surface area contributed by atoms with Crippen LogP contribution in [-0.2, 0) is 45.7 Å². The maximum Gasteiger partial charge on any atom is 0.472 e. The van der Waals surface area contributed by atoms with E-state index in [2.05, 4.69) is 0 Å². The molecule has 4 rings (SSSR count). The number of aryl methyl sites for hydroxylation is 1. The van der Waals surface area contributed by atoms with Gasteiger partial charge in [-0.25, -0.2) is 4.57 Å². The number of para-hydroxylation sites is 2. The number of carbonyl (C=O) groups is 2. The van der Waals surface area contributed by atoms with Gasteiger partial charge in [0.2, 0.25) is 0 Å². The summed E-state index contributed by atoms with van der Waals surface area (Å²) in [5, 5.41) is 8.82. The van der Waals surface area contributed by atoms with Gasteiger partial charge in [-0.05, 0) is 60.7 Å². The molecule has 0 amide bonds. The van der Waals surface area contributed by atoms with Gasteiger partial charge in [-0.2, -0.15) is 0 Å². The standard InChI is InChI=1S/C31H36NO11P/c32-26(31(34)35)20-41-44(36,37)43-28-14-7-17-38-29(28)21-40-30(33)16-15-23-9-4-5-13-27(23)39-19-22-8-6-12-25(18-22)42-24-10-2-1-3-11-24/h1-6,8-13,18,26,28-29H,7,14-17,19-21,32H2,(H,34,35)(H,36,37)/t26-,28-,29+/m0/s1. The number of nitrogens with two attached hydrogens (primary N) is 1.